The lowest BCUT2D eigenvalue weighted by atomic mass is 10.00. The summed E-state index contributed by atoms with van der Waals surface area (Å²) in [5.41, 5.74) is 12.6. The number of hydrogen-bond donors (Lipinski definition) is 2. The van der Waals surface area contributed by atoms with Gasteiger partial charge in [-0.15, -0.1) is 0 Å². The first-order chi connectivity index (χ1) is 15.6. The summed E-state index contributed by atoms with van der Waals surface area (Å²) >= 11 is 0. The number of hydrogen-bond acceptors (Lipinski definition) is 9. The van der Waals surface area contributed by atoms with Crippen molar-refractivity contribution in [3.8, 4) is 0 Å². The molecule has 0 amide bonds. The van der Waals surface area contributed by atoms with Crippen LogP contribution in [0.15, 0.2) is 30.3 Å². The molecule has 1 rings (SSSR count). The van der Waals surface area contributed by atoms with E-state index in [9.17, 15) is 19.2 Å². The van der Waals surface area contributed by atoms with Gasteiger partial charge in [-0.3, -0.25) is 19.2 Å². The molecule has 0 saturated heterocycles. The first kappa shape index (κ1) is 28.3. The third-order valence-corrected chi connectivity index (χ3v) is 5.69. The third-order valence-electron chi connectivity index (χ3n) is 5.69. The number of ether oxygens (including phenoxy) is 3. The molecule has 9 heteroatoms. The van der Waals surface area contributed by atoms with Crippen LogP contribution in [0, 0.1) is 11.8 Å². The molecular formula is C24H36N2O7. The summed E-state index contributed by atoms with van der Waals surface area (Å²) in [5, 5.41) is 0. The van der Waals surface area contributed by atoms with Gasteiger partial charge >= 0.3 is 17.9 Å². The van der Waals surface area contributed by atoms with Gasteiger partial charge in [0, 0.05) is 0 Å². The molecule has 9 nitrogen and oxygen atoms in total. The monoisotopic (exact) mass is 464 g/mol. The first-order valence-corrected chi connectivity index (χ1v) is 11.2. The predicted molar refractivity (Wildman–Crippen MR) is 122 cm³/mol. The fraction of sp³-hybridized carbons (Fsp3) is 0.583. The van der Waals surface area contributed by atoms with E-state index in [1.54, 1.807) is 38.1 Å². The van der Waals surface area contributed by atoms with Crippen molar-refractivity contribution in [1.29, 1.82) is 0 Å². The van der Waals surface area contributed by atoms with Crippen LogP contribution in [0.5, 0.6) is 0 Å². The van der Waals surface area contributed by atoms with Gasteiger partial charge in [-0.05, 0) is 17.4 Å². The second kappa shape index (κ2) is 14.4. The Kier molecular flexibility index (Phi) is 12.3. The number of aldehydes is 1. The van der Waals surface area contributed by atoms with Gasteiger partial charge in [0.1, 0.15) is 18.7 Å². The van der Waals surface area contributed by atoms with Gasteiger partial charge in [-0.1, -0.05) is 70.9 Å². The molecule has 0 radical (unpaired) electrons. The van der Waals surface area contributed by atoms with Crippen molar-refractivity contribution < 1.29 is 33.4 Å². The molecule has 6 unspecified atom stereocenters. The van der Waals surface area contributed by atoms with Crippen molar-refractivity contribution in [3.63, 3.8) is 0 Å². The van der Waals surface area contributed by atoms with E-state index in [1.807, 2.05) is 19.9 Å². The molecule has 33 heavy (non-hydrogen) atoms. The zero-order valence-electron chi connectivity index (χ0n) is 19.8. The third kappa shape index (κ3) is 9.31. The lowest BCUT2D eigenvalue weighted by Gasteiger charge is -2.27. The molecule has 0 aliphatic carbocycles. The molecule has 0 spiro atoms. The second-order valence-electron chi connectivity index (χ2n) is 8.19. The topological polar surface area (TPSA) is 148 Å². The van der Waals surface area contributed by atoms with Crippen LogP contribution in [0.25, 0.3) is 0 Å². The van der Waals surface area contributed by atoms with Crippen LogP contribution in [-0.2, 0) is 40.0 Å². The lowest BCUT2D eigenvalue weighted by molar-refractivity contribution is -0.175. The summed E-state index contributed by atoms with van der Waals surface area (Å²) in [7, 11) is 0. The number of carbonyl (C=O) groups excluding carboxylic acids is 4. The Morgan fingerprint density at radius 3 is 1.91 bits per heavy atom. The van der Waals surface area contributed by atoms with E-state index >= 15 is 0 Å². The molecular weight excluding hydrogens is 428 g/mol. The highest BCUT2D eigenvalue weighted by atomic mass is 16.6. The molecule has 4 N–H and O–H groups in total. The SMILES string of the molecule is CCC(C)C(N)C(=O)OC(C=O)C(CC(=O)OCc1ccccc1)OC(=O)C(N)C(C)CC. The Bertz CT molecular complexity index is 771. The van der Waals surface area contributed by atoms with Crippen molar-refractivity contribution in [2.45, 2.75) is 77.9 Å². The molecule has 1 aromatic rings. The number of benzene rings is 1. The first-order valence-electron chi connectivity index (χ1n) is 11.2. The van der Waals surface area contributed by atoms with Crippen LogP contribution in [0.1, 0.15) is 52.5 Å². The minimum atomic E-state index is -1.54. The molecule has 1 aromatic carbocycles. The molecule has 0 aliphatic rings. The highest BCUT2D eigenvalue weighted by Crippen LogP contribution is 2.16. The summed E-state index contributed by atoms with van der Waals surface area (Å²) in [6.07, 6.45) is -1.89. The fourth-order valence-corrected chi connectivity index (χ4v) is 2.79. The van der Waals surface area contributed by atoms with Crippen LogP contribution >= 0.6 is 0 Å². The number of nitrogens with two attached hydrogens (primary N) is 2. The molecule has 6 atom stereocenters. The zero-order valence-corrected chi connectivity index (χ0v) is 19.8. The van der Waals surface area contributed by atoms with E-state index < -0.39 is 48.6 Å². The fourth-order valence-electron chi connectivity index (χ4n) is 2.79. The van der Waals surface area contributed by atoms with Crippen molar-refractivity contribution in [3.05, 3.63) is 35.9 Å². The van der Waals surface area contributed by atoms with E-state index in [0.29, 0.717) is 19.1 Å². The Morgan fingerprint density at radius 2 is 1.42 bits per heavy atom. The van der Waals surface area contributed by atoms with Gasteiger partial charge in [-0.2, -0.15) is 0 Å². The maximum Gasteiger partial charge on any atom is 0.324 e. The molecule has 0 heterocycles. The second-order valence-corrected chi connectivity index (χ2v) is 8.19. The van der Waals surface area contributed by atoms with Crippen LogP contribution in [0.2, 0.25) is 0 Å². The van der Waals surface area contributed by atoms with Crippen molar-refractivity contribution >= 4 is 24.2 Å². The van der Waals surface area contributed by atoms with Crippen LogP contribution in [-0.4, -0.2) is 48.5 Å². The summed E-state index contributed by atoms with van der Waals surface area (Å²) in [5.74, 6) is -2.76. The van der Waals surface area contributed by atoms with E-state index in [1.165, 1.54) is 0 Å². The Morgan fingerprint density at radius 1 is 0.909 bits per heavy atom. The molecule has 0 bridgehead atoms. The van der Waals surface area contributed by atoms with Crippen LogP contribution in [0.3, 0.4) is 0 Å². The zero-order chi connectivity index (χ0) is 25.0. The number of esters is 3. The van der Waals surface area contributed by atoms with Crippen molar-refractivity contribution in [2.24, 2.45) is 23.3 Å². The minimum absolute atomic E-state index is 0.00282. The Hall–Kier alpha value is -2.78. The van der Waals surface area contributed by atoms with Gasteiger partial charge in [0.15, 0.2) is 18.5 Å². The van der Waals surface area contributed by atoms with Gasteiger partial charge in [0.05, 0.1) is 6.42 Å². The smallest absolute Gasteiger partial charge is 0.324 e. The maximum absolute atomic E-state index is 12.5. The van der Waals surface area contributed by atoms with E-state index in [4.69, 9.17) is 25.7 Å². The molecule has 184 valence electrons. The maximum atomic E-state index is 12.5. The predicted octanol–water partition coefficient (Wildman–Crippen LogP) is 1.89. The van der Waals surface area contributed by atoms with Crippen molar-refractivity contribution in [1.82, 2.24) is 0 Å². The van der Waals surface area contributed by atoms with E-state index in [-0.39, 0.29) is 18.4 Å². The quantitative estimate of drug-likeness (QED) is 0.239. The van der Waals surface area contributed by atoms with Gasteiger partial charge in [0.25, 0.3) is 0 Å². The molecule has 0 aliphatic heterocycles. The van der Waals surface area contributed by atoms with Crippen molar-refractivity contribution in [2.75, 3.05) is 0 Å². The average molecular weight is 465 g/mol. The summed E-state index contributed by atoms with van der Waals surface area (Å²) < 4.78 is 15.8. The number of rotatable bonds is 14. The van der Waals surface area contributed by atoms with E-state index in [0.717, 1.165) is 5.56 Å². The molecule has 0 aromatic heterocycles. The Labute approximate surface area is 195 Å². The summed E-state index contributed by atoms with van der Waals surface area (Å²) in [6, 6.07) is 7.04. The van der Waals surface area contributed by atoms with Gasteiger partial charge in [0.2, 0.25) is 0 Å². The number of carbonyl (C=O) groups is 4. The highest BCUT2D eigenvalue weighted by molar-refractivity contribution is 5.80. The summed E-state index contributed by atoms with van der Waals surface area (Å²) in [4.78, 5) is 49.1. The lowest BCUT2D eigenvalue weighted by Crippen LogP contribution is -2.47. The Balaban J connectivity index is 2.95. The molecule has 0 saturated carbocycles. The normalized spacial score (nSPS) is 16.4. The average Bonchev–Trinajstić information content (AvgIpc) is 2.83. The van der Waals surface area contributed by atoms with Crippen LogP contribution < -0.4 is 11.5 Å². The minimum Gasteiger partial charge on any atom is -0.461 e. The van der Waals surface area contributed by atoms with E-state index in [2.05, 4.69) is 0 Å². The highest BCUT2D eigenvalue weighted by Gasteiger charge is 2.35. The van der Waals surface area contributed by atoms with Crippen LogP contribution in [0.4, 0.5) is 0 Å². The standard InChI is InChI=1S/C24H36N2O7/c1-5-15(3)21(25)23(29)32-18(12-20(28)31-14-17-10-8-7-9-11-17)19(13-27)33-24(30)22(26)16(4)6-2/h7-11,13,15-16,18-19,21-22H,5-6,12,14,25-26H2,1-4H3. The molecule has 0 fully saturated rings. The summed E-state index contributed by atoms with van der Waals surface area (Å²) in [6.45, 7) is 7.27. The van der Waals surface area contributed by atoms with Gasteiger partial charge < -0.3 is 25.7 Å². The largest absolute Gasteiger partial charge is 0.461 e. The van der Waals surface area contributed by atoms with Gasteiger partial charge in [-0.25, -0.2) is 0 Å².